The highest BCUT2D eigenvalue weighted by Crippen LogP contribution is 2.46. The van der Waals surface area contributed by atoms with Crippen molar-refractivity contribution in [1.82, 2.24) is 25.6 Å². The first kappa shape index (κ1) is 19.5. The van der Waals surface area contributed by atoms with E-state index in [0.29, 0.717) is 5.82 Å². The highest BCUT2D eigenvalue weighted by Gasteiger charge is 2.37. The summed E-state index contributed by atoms with van der Waals surface area (Å²) in [5.41, 5.74) is 6.76. The Balaban J connectivity index is 1.37. The first-order chi connectivity index (χ1) is 14.5. The van der Waals surface area contributed by atoms with Gasteiger partial charge in [0.1, 0.15) is 6.54 Å². The van der Waals surface area contributed by atoms with Gasteiger partial charge in [0, 0.05) is 35.6 Å². The number of hydrogen-bond donors (Lipinski definition) is 1. The molecule has 0 radical (unpaired) electrons. The molecule has 0 bridgehead atoms. The van der Waals surface area contributed by atoms with Gasteiger partial charge in [0.2, 0.25) is 5.82 Å². The minimum atomic E-state index is -0.330. The number of benzene rings is 2. The molecule has 4 rings (SSSR count). The summed E-state index contributed by atoms with van der Waals surface area (Å²) in [6, 6.07) is 17.8. The smallest absolute Gasteiger partial charge is 0.263 e. The topological polar surface area (TPSA) is 88.3 Å². The highest BCUT2D eigenvalue weighted by atomic mass is 16.2. The number of nitrogens with zero attached hydrogens (tertiary/aromatic N) is 6. The van der Waals surface area contributed by atoms with Crippen LogP contribution >= 0.6 is 0 Å². The zero-order chi connectivity index (χ0) is 21.1. The van der Waals surface area contributed by atoms with Crippen molar-refractivity contribution in [2.45, 2.75) is 25.8 Å². The van der Waals surface area contributed by atoms with Gasteiger partial charge in [0.15, 0.2) is 0 Å². The molecule has 0 fully saturated rings. The Morgan fingerprint density at radius 3 is 2.63 bits per heavy atom. The van der Waals surface area contributed by atoms with Crippen LogP contribution in [-0.4, -0.2) is 39.4 Å². The maximum atomic E-state index is 12.1. The Bertz CT molecular complexity index is 1120. The Morgan fingerprint density at radius 1 is 1.13 bits per heavy atom. The zero-order valence-electron chi connectivity index (χ0n) is 17.1. The number of hydrazone groups is 1. The van der Waals surface area contributed by atoms with Gasteiger partial charge in [-0.1, -0.05) is 62.4 Å². The molecule has 1 N–H and O–H groups in total. The van der Waals surface area contributed by atoms with Crippen molar-refractivity contribution in [3.05, 3.63) is 71.9 Å². The molecule has 1 amide bonds. The lowest BCUT2D eigenvalue weighted by atomic mass is 9.84. The van der Waals surface area contributed by atoms with Crippen molar-refractivity contribution in [2.24, 2.45) is 5.10 Å². The summed E-state index contributed by atoms with van der Waals surface area (Å²) in [6.07, 6.45) is 3.52. The molecule has 0 unspecified atom stereocenters. The average Bonchev–Trinajstić information content (AvgIpc) is 3.28. The summed E-state index contributed by atoms with van der Waals surface area (Å²) < 4.78 is 0. The number of carbonyl (C=O) groups excluding carboxylic acids is 1. The van der Waals surface area contributed by atoms with Crippen LogP contribution in [0.15, 0.2) is 71.5 Å². The lowest BCUT2D eigenvalue weighted by molar-refractivity contribution is -0.122. The second kappa shape index (κ2) is 7.90. The molecular weight excluding hydrogens is 378 g/mol. The molecule has 152 valence electrons. The first-order valence-corrected chi connectivity index (χ1v) is 9.66. The van der Waals surface area contributed by atoms with Crippen molar-refractivity contribution in [2.75, 3.05) is 11.9 Å². The van der Waals surface area contributed by atoms with Crippen LogP contribution in [0.1, 0.15) is 19.4 Å². The molecule has 1 aliphatic rings. The highest BCUT2D eigenvalue weighted by molar-refractivity contribution is 5.81. The molecule has 1 aromatic heterocycles. The normalized spacial score (nSPS) is 16.2. The molecule has 0 saturated heterocycles. The number of aromatic nitrogens is 4. The van der Waals surface area contributed by atoms with Crippen molar-refractivity contribution in [3.63, 3.8) is 0 Å². The minimum absolute atomic E-state index is 0.0649. The van der Waals surface area contributed by atoms with Crippen LogP contribution in [0.4, 0.5) is 5.69 Å². The maximum Gasteiger partial charge on any atom is 0.263 e. The van der Waals surface area contributed by atoms with E-state index in [1.54, 1.807) is 6.21 Å². The summed E-state index contributed by atoms with van der Waals surface area (Å²) in [4.78, 5) is 15.5. The Morgan fingerprint density at radius 2 is 1.87 bits per heavy atom. The van der Waals surface area contributed by atoms with Gasteiger partial charge in [-0.15, -0.1) is 10.2 Å². The van der Waals surface area contributed by atoms with Gasteiger partial charge in [-0.2, -0.15) is 9.90 Å². The number of anilines is 1. The van der Waals surface area contributed by atoms with Gasteiger partial charge in [0.25, 0.3) is 5.91 Å². The summed E-state index contributed by atoms with van der Waals surface area (Å²) >= 11 is 0. The van der Waals surface area contributed by atoms with Crippen molar-refractivity contribution >= 4 is 17.8 Å². The van der Waals surface area contributed by atoms with Crippen molar-refractivity contribution in [3.8, 4) is 11.4 Å². The fourth-order valence-electron chi connectivity index (χ4n) is 3.70. The van der Waals surface area contributed by atoms with E-state index >= 15 is 0 Å². The van der Waals surface area contributed by atoms with Crippen molar-refractivity contribution < 1.29 is 4.79 Å². The van der Waals surface area contributed by atoms with Gasteiger partial charge in [-0.25, -0.2) is 5.43 Å². The van der Waals surface area contributed by atoms with E-state index in [4.69, 9.17) is 0 Å². The molecule has 2 heterocycles. The molecule has 2 aromatic carbocycles. The average molecular weight is 401 g/mol. The number of para-hydroxylation sites is 1. The SMILES string of the molecule is CN1C(=CC=NNC(=O)Cn2nnc(-c3ccccc3)n2)C(C)(C)c2ccccc21. The third-order valence-corrected chi connectivity index (χ3v) is 5.21. The van der Waals surface area contributed by atoms with Crippen LogP contribution in [-0.2, 0) is 16.8 Å². The fourth-order valence-corrected chi connectivity index (χ4v) is 3.70. The predicted molar refractivity (Wildman–Crippen MR) is 116 cm³/mol. The third kappa shape index (κ3) is 3.71. The molecule has 3 aromatic rings. The number of carbonyl (C=O) groups is 1. The summed E-state index contributed by atoms with van der Waals surface area (Å²) in [6.45, 7) is 4.28. The van der Waals surface area contributed by atoms with E-state index in [1.807, 2.05) is 55.6 Å². The van der Waals surface area contributed by atoms with E-state index in [1.165, 1.54) is 16.0 Å². The molecular formula is C22H23N7O. The molecule has 8 heteroatoms. The number of nitrogens with one attached hydrogen (secondary N) is 1. The summed E-state index contributed by atoms with van der Waals surface area (Å²) in [5, 5.41) is 16.2. The van der Waals surface area contributed by atoms with Crippen LogP contribution in [0.25, 0.3) is 11.4 Å². The van der Waals surface area contributed by atoms with Crippen LogP contribution in [0.5, 0.6) is 0 Å². The fraction of sp³-hybridized carbons (Fsp3) is 0.227. The Kier molecular flexibility index (Phi) is 5.14. The molecule has 0 spiro atoms. The van der Waals surface area contributed by atoms with Gasteiger partial charge in [-0.05, 0) is 22.9 Å². The van der Waals surface area contributed by atoms with E-state index in [0.717, 1.165) is 11.3 Å². The second-order valence-electron chi connectivity index (χ2n) is 7.58. The quantitative estimate of drug-likeness (QED) is 0.525. The Labute approximate surface area is 174 Å². The Hall–Kier alpha value is -3.81. The van der Waals surface area contributed by atoms with Gasteiger partial charge < -0.3 is 4.90 Å². The number of fused-ring (bicyclic) bond motifs is 1. The molecule has 0 saturated carbocycles. The van der Waals surface area contributed by atoms with Gasteiger partial charge >= 0.3 is 0 Å². The summed E-state index contributed by atoms with van der Waals surface area (Å²) in [7, 11) is 2.03. The predicted octanol–water partition coefficient (Wildman–Crippen LogP) is 2.75. The van der Waals surface area contributed by atoms with Crippen LogP contribution in [0.2, 0.25) is 0 Å². The number of allylic oxidation sites excluding steroid dienone is 2. The monoisotopic (exact) mass is 401 g/mol. The second-order valence-corrected chi connectivity index (χ2v) is 7.58. The van der Waals surface area contributed by atoms with Crippen LogP contribution in [0.3, 0.4) is 0 Å². The lowest BCUT2D eigenvalue weighted by Gasteiger charge is -2.23. The number of amides is 1. The first-order valence-electron chi connectivity index (χ1n) is 9.66. The van der Waals surface area contributed by atoms with Crippen molar-refractivity contribution in [1.29, 1.82) is 0 Å². The van der Waals surface area contributed by atoms with Gasteiger partial charge in [0.05, 0.1) is 0 Å². The number of tetrazole rings is 1. The largest absolute Gasteiger partial charge is 0.347 e. The maximum absolute atomic E-state index is 12.1. The number of likely N-dealkylation sites (N-methyl/N-ethyl adjacent to an activating group) is 1. The van der Waals surface area contributed by atoms with E-state index in [-0.39, 0.29) is 17.9 Å². The molecule has 0 atom stereocenters. The van der Waals surface area contributed by atoms with E-state index < -0.39 is 0 Å². The minimum Gasteiger partial charge on any atom is -0.347 e. The summed E-state index contributed by atoms with van der Waals surface area (Å²) in [5.74, 6) is 0.145. The van der Waals surface area contributed by atoms with Crippen LogP contribution in [0, 0.1) is 0 Å². The van der Waals surface area contributed by atoms with E-state index in [9.17, 15) is 4.79 Å². The third-order valence-electron chi connectivity index (χ3n) is 5.21. The van der Waals surface area contributed by atoms with Gasteiger partial charge in [-0.3, -0.25) is 4.79 Å². The molecule has 1 aliphatic heterocycles. The van der Waals surface area contributed by atoms with Crippen LogP contribution < -0.4 is 10.3 Å². The molecule has 8 nitrogen and oxygen atoms in total. The molecule has 0 aliphatic carbocycles. The number of hydrogen-bond acceptors (Lipinski definition) is 6. The van der Waals surface area contributed by atoms with E-state index in [2.05, 4.69) is 56.8 Å². The zero-order valence-corrected chi connectivity index (χ0v) is 17.1. The number of rotatable bonds is 5. The molecule has 30 heavy (non-hydrogen) atoms. The standard InChI is InChI=1S/C22H23N7O/c1-22(2)17-11-7-8-12-18(17)28(3)19(22)13-14-23-24-20(30)15-29-26-21(25-27-29)16-9-5-4-6-10-16/h4-14H,15H2,1-3H3,(H,24,30). The lowest BCUT2D eigenvalue weighted by Crippen LogP contribution is -2.25.